The van der Waals surface area contributed by atoms with Crippen molar-refractivity contribution in [2.75, 3.05) is 4.90 Å². The number of hydrogen-bond donors (Lipinski definition) is 0. The van der Waals surface area contributed by atoms with Crippen LogP contribution in [-0.2, 0) is 11.2 Å². The number of anilines is 1. The lowest BCUT2D eigenvalue weighted by Crippen LogP contribution is -2.47. The van der Waals surface area contributed by atoms with Crippen molar-refractivity contribution in [2.24, 2.45) is 5.92 Å². The number of hydrogen-bond acceptors (Lipinski definition) is 2. The van der Waals surface area contributed by atoms with Crippen molar-refractivity contribution >= 4 is 39.3 Å². The summed E-state index contributed by atoms with van der Waals surface area (Å²) in [7, 11) is 0. The molecule has 0 fully saturated rings. The molecule has 0 N–H and O–H groups in total. The summed E-state index contributed by atoms with van der Waals surface area (Å²) in [6, 6.07) is 3.94. The predicted octanol–water partition coefficient (Wildman–Crippen LogP) is 6.20. The lowest BCUT2D eigenvalue weighted by atomic mass is 9.91. The summed E-state index contributed by atoms with van der Waals surface area (Å²) in [6.07, 6.45) is 2.52. The van der Waals surface area contributed by atoms with Gasteiger partial charge in [0.25, 0.3) is 0 Å². The van der Waals surface area contributed by atoms with E-state index < -0.39 is 5.60 Å². The first-order valence-corrected chi connectivity index (χ1v) is 9.25. The molecule has 0 saturated heterocycles. The van der Waals surface area contributed by atoms with Gasteiger partial charge in [-0.2, -0.15) is 0 Å². The molecule has 0 spiro atoms. The number of amides is 1. The zero-order valence-electron chi connectivity index (χ0n) is 14.5. The molecule has 1 aliphatic heterocycles. The molecule has 0 radical (unpaired) electrons. The SMILES string of the molecule is CC(C)CC1CCc2cc(Cl)cc(Br)c2N1C(=O)OC(C)(C)C. The Morgan fingerprint density at radius 3 is 2.65 bits per heavy atom. The molecule has 1 atom stereocenters. The van der Waals surface area contributed by atoms with Gasteiger partial charge in [-0.05, 0) is 79.6 Å². The number of fused-ring (bicyclic) bond motifs is 1. The largest absolute Gasteiger partial charge is 0.443 e. The minimum atomic E-state index is -0.518. The van der Waals surface area contributed by atoms with Gasteiger partial charge in [-0.1, -0.05) is 25.4 Å². The Labute approximate surface area is 152 Å². The van der Waals surface area contributed by atoms with Crippen LogP contribution < -0.4 is 4.90 Å². The number of halogens is 2. The van der Waals surface area contributed by atoms with E-state index in [1.807, 2.05) is 37.8 Å². The second-order valence-corrected chi connectivity index (χ2v) is 8.86. The third-order valence-corrected chi connectivity index (χ3v) is 4.62. The van der Waals surface area contributed by atoms with Gasteiger partial charge >= 0.3 is 6.09 Å². The Kier molecular flexibility index (Phi) is 5.68. The Morgan fingerprint density at radius 2 is 2.09 bits per heavy atom. The van der Waals surface area contributed by atoms with E-state index in [0.717, 1.165) is 35.0 Å². The van der Waals surface area contributed by atoms with Crippen LogP contribution in [0.2, 0.25) is 5.02 Å². The van der Waals surface area contributed by atoms with Crippen molar-refractivity contribution < 1.29 is 9.53 Å². The number of ether oxygens (including phenoxy) is 1. The van der Waals surface area contributed by atoms with Crippen molar-refractivity contribution in [1.29, 1.82) is 0 Å². The summed E-state index contributed by atoms with van der Waals surface area (Å²) in [5, 5.41) is 0.682. The molecule has 1 aromatic carbocycles. The molecule has 0 aromatic heterocycles. The van der Waals surface area contributed by atoms with Gasteiger partial charge in [0.2, 0.25) is 0 Å². The van der Waals surface area contributed by atoms with Gasteiger partial charge < -0.3 is 4.74 Å². The highest BCUT2D eigenvalue weighted by molar-refractivity contribution is 9.10. The van der Waals surface area contributed by atoms with E-state index in [-0.39, 0.29) is 12.1 Å². The standard InChI is InChI=1S/C18H25BrClNO2/c1-11(2)8-14-7-6-12-9-13(20)10-15(19)16(12)21(14)17(22)23-18(3,4)5/h9-11,14H,6-8H2,1-5H3. The topological polar surface area (TPSA) is 29.5 Å². The van der Waals surface area contributed by atoms with E-state index in [9.17, 15) is 4.79 Å². The molecule has 0 saturated carbocycles. The van der Waals surface area contributed by atoms with Crippen molar-refractivity contribution in [1.82, 2.24) is 0 Å². The minimum absolute atomic E-state index is 0.148. The highest BCUT2D eigenvalue weighted by Crippen LogP contribution is 2.41. The van der Waals surface area contributed by atoms with E-state index in [0.29, 0.717) is 10.9 Å². The fraction of sp³-hybridized carbons (Fsp3) is 0.611. The third-order valence-electron chi connectivity index (χ3n) is 3.79. The van der Waals surface area contributed by atoms with Crippen molar-refractivity contribution in [3.05, 3.63) is 27.2 Å². The Bertz CT molecular complexity index is 595. The number of benzene rings is 1. The van der Waals surface area contributed by atoms with Crippen LogP contribution in [0.4, 0.5) is 10.5 Å². The lowest BCUT2D eigenvalue weighted by molar-refractivity contribution is 0.0556. The van der Waals surface area contributed by atoms with Crippen LogP contribution >= 0.6 is 27.5 Å². The number of carbonyl (C=O) groups excluding carboxylic acids is 1. The van der Waals surface area contributed by atoms with Crippen LogP contribution in [0.1, 0.15) is 53.0 Å². The summed E-state index contributed by atoms with van der Waals surface area (Å²) in [5.74, 6) is 0.512. The lowest BCUT2D eigenvalue weighted by Gasteiger charge is -2.39. The van der Waals surface area contributed by atoms with E-state index in [1.54, 1.807) is 0 Å². The van der Waals surface area contributed by atoms with Crippen molar-refractivity contribution in [3.8, 4) is 0 Å². The zero-order valence-corrected chi connectivity index (χ0v) is 16.8. The van der Waals surface area contributed by atoms with E-state index >= 15 is 0 Å². The fourth-order valence-corrected chi connectivity index (χ4v) is 4.10. The van der Waals surface area contributed by atoms with E-state index in [2.05, 4.69) is 29.8 Å². The first-order chi connectivity index (χ1) is 10.6. The summed E-state index contributed by atoms with van der Waals surface area (Å²) >= 11 is 9.75. The highest BCUT2D eigenvalue weighted by Gasteiger charge is 2.35. The van der Waals surface area contributed by atoms with Gasteiger partial charge in [-0.25, -0.2) is 4.79 Å². The van der Waals surface area contributed by atoms with Gasteiger partial charge in [0.15, 0.2) is 0 Å². The van der Waals surface area contributed by atoms with Crippen LogP contribution in [0.15, 0.2) is 16.6 Å². The summed E-state index contributed by atoms with van der Waals surface area (Å²) in [4.78, 5) is 14.7. The van der Waals surface area contributed by atoms with E-state index in [4.69, 9.17) is 16.3 Å². The molecule has 128 valence electrons. The Balaban J connectivity index is 2.45. The molecule has 1 amide bonds. The maximum atomic E-state index is 12.9. The number of carbonyl (C=O) groups is 1. The van der Waals surface area contributed by atoms with Crippen LogP contribution in [0.3, 0.4) is 0 Å². The number of rotatable bonds is 2. The van der Waals surface area contributed by atoms with Gasteiger partial charge in [0.1, 0.15) is 5.60 Å². The molecule has 23 heavy (non-hydrogen) atoms. The van der Waals surface area contributed by atoms with Gasteiger partial charge in [0.05, 0.1) is 5.69 Å². The van der Waals surface area contributed by atoms with Crippen LogP contribution in [0.5, 0.6) is 0 Å². The molecule has 1 aliphatic rings. The molecule has 1 aromatic rings. The normalized spacial score (nSPS) is 18.1. The first-order valence-electron chi connectivity index (χ1n) is 8.08. The van der Waals surface area contributed by atoms with Crippen LogP contribution in [0, 0.1) is 5.92 Å². The third kappa shape index (κ3) is 4.63. The van der Waals surface area contributed by atoms with Crippen molar-refractivity contribution in [3.63, 3.8) is 0 Å². The highest BCUT2D eigenvalue weighted by atomic mass is 79.9. The predicted molar refractivity (Wildman–Crippen MR) is 99.4 cm³/mol. The average molecular weight is 403 g/mol. The molecule has 1 heterocycles. The quantitative estimate of drug-likeness (QED) is 0.589. The van der Waals surface area contributed by atoms with Gasteiger partial charge in [0, 0.05) is 15.5 Å². The molecule has 0 bridgehead atoms. The fourth-order valence-electron chi connectivity index (χ4n) is 3.03. The number of aryl methyl sites for hydroxylation is 1. The molecule has 5 heteroatoms. The summed E-state index contributed by atoms with van der Waals surface area (Å²) in [5.41, 5.74) is 1.48. The summed E-state index contributed by atoms with van der Waals surface area (Å²) in [6.45, 7) is 10.0. The van der Waals surface area contributed by atoms with E-state index in [1.165, 1.54) is 0 Å². The van der Waals surface area contributed by atoms with Crippen molar-refractivity contribution in [2.45, 2.75) is 65.5 Å². The number of nitrogens with zero attached hydrogens (tertiary/aromatic N) is 1. The summed E-state index contributed by atoms with van der Waals surface area (Å²) < 4.78 is 6.51. The first kappa shape index (κ1) is 18.6. The molecule has 1 unspecified atom stereocenters. The maximum Gasteiger partial charge on any atom is 0.415 e. The Morgan fingerprint density at radius 1 is 1.43 bits per heavy atom. The second-order valence-electron chi connectivity index (χ2n) is 7.57. The zero-order chi connectivity index (χ0) is 17.4. The van der Waals surface area contributed by atoms with Crippen LogP contribution in [0.25, 0.3) is 0 Å². The monoisotopic (exact) mass is 401 g/mol. The molecule has 0 aliphatic carbocycles. The molecular formula is C18H25BrClNO2. The molecule has 3 nitrogen and oxygen atoms in total. The molecule has 2 rings (SSSR count). The van der Waals surface area contributed by atoms with Gasteiger partial charge in [-0.3, -0.25) is 4.90 Å². The minimum Gasteiger partial charge on any atom is -0.443 e. The smallest absolute Gasteiger partial charge is 0.415 e. The van der Waals surface area contributed by atoms with Crippen LogP contribution in [-0.4, -0.2) is 17.7 Å². The Hall–Kier alpha value is -0.740. The average Bonchev–Trinajstić information content (AvgIpc) is 2.36. The second kappa shape index (κ2) is 7.02. The van der Waals surface area contributed by atoms with Gasteiger partial charge in [-0.15, -0.1) is 0 Å². The molecular weight excluding hydrogens is 378 g/mol. The maximum absolute atomic E-state index is 12.9.